The number of carbonyl (C=O) groups is 1. The molecular formula is C15H18N4O. The molecule has 3 N–H and O–H groups in total. The number of benzene rings is 1. The molecular weight excluding hydrogens is 252 g/mol. The molecule has 0 aliphatic carbocycles. The Hall–Kier alpha value is -2.27. The van der Waals surface area contributed by atoms with Crippen LogP contribution in [0.3, 0.4) is 0 Å². The molecule has 0 aliphatic rings. The van der Waals surface area contributed by atoms with Crippen LogP contribution in [-0.4, -0.2) is 15.9 Å². The SMILES string of the molecule is Cc1nccnc1C(C)NCc1cccc(C(N)=O)c1. The summed E-state index contributed by atoms with van der Waals surface area (Å²) in [7, 11) is 0. The van der Waals surface area contributed by atoms with Crippen LogP contribution >= 0.6 is 0 Å². The van der Waals surface area contributed by atoms with E-state index in [4.69, 9.17) is 5.73 Å². The van der Waals surface area contributed by atoms with Crippen molar-refractivity contribution in [3.05, 3.63) is 59.2 Å². The Morgan fingerprint density at radius 3 is 2.80 bits per heavy atom. The van der Waals surface area contributed by atoms with Crippen molar-refractivity contribution in [2.24, 2.45) is 5.73 Å². The minimum Gasteiger partial charge on any atom is -0.366 e. The number of primary amides is 1. The van der Waals surface area contributed by atoms with E-state index in [1.807, 2.05) is 26.0 Å². The first-order valence-electron chi connectivity index (χ1n) is 6.47. The average molecular weight is 270 g/mol. The van der Waals surface area contributed by atoms with Gasteiger partial charge in [-0.1, -0.05) is 12.1 Å². The van der Waals surface area contributed by atoms with Gasteiger partial charge in [0.1, 0.15) is 0 Å². The van der Waals surface area contributed by atoms with E-state index in [-0.39, 0.29) is 6.04 Å². The molecule has 1 atom stereocenters. The molecule has 0 fully saturated rings. The van der Waals surface area contributed by atoms with Crippen molar-refractivity contribution in [1.82, 2.24) is 15.3 Å². The van der Waals surface area contributed by atoms with Gasteiger partial charge in [0.15, 0.2) is 0 Å². The second-order valence-corrected chi connectivity index (χ2v) is 4.69. The lowest BCUT2D eigenvalue weighted by atomic mass is 10.1. The monoisotopic (exact) mass is 270 g/mol. The first kappa shape index (κ1) is 14.1. The highest BCUT2D eigenvalue weighted by molar-refractivity contribution is 5.92. The molecule has 2 aromatic rings. The molecule has 20 heavy (non-hydrogen) atoms. The first-order chi connectivity index (χ1) is 9.58. The van der Waals surface area contributed by atoms with Gasteiger partial charge in [0.2, 0.25) is 5.91 Å². The van der Waals surface area contributed by atoms with Crippen molar-refractivity contribution in [3.8, 4) is 0 Å². The third kappa shape index (κ3) is 3.39. The zero-order chi connectivity index (χ0) is 14.5. The third-order valence-electron chi connectivity index (χ3n) is 3.15. The summed E-state index contributed by atoms with van der Waals surface area (Å²) in [5, 5.41) is 3.37. The quantitative estimate of drug-likeness (QED) is 0.867. The topological polar surface area (TPSA) is 80.9 Å². The van der Waals surface area contributed by atoms with E-state index < -0.39 is 5.91 Å². The predicted molar refractivity (Wildman–Crippen MR) is 77.0 cm³/mol. The molecule has 0 spiro atoms. The molecule has 0 aliphatic heterocycles. The number of nitrogens with zero attached hydrogens (tertiary/aromatic N) is 2. The smallest absolute Gasteiger partial charge is 0.248 e. The summed E-state index contributed by atoms with van der Waals surface area (Å²) in [6.07, 6.45) is 3.37. The summed E-state index contributed by atoms with van der Waals surface area (Å²) in [6, 6.07) is 7.37. The van der Waals surface area contributed by atoms with E-state index in [2.05, 4.69) is 15.3 Å². The molecule has 0 radical (unpaired) electrons. The van der Waals surface area contributed by atoms with Crippen molar-refractivity contribution in [1.29, 1.82) is 0 Å². The van der Waals surface area contributed by atoms with E-state index >= 15 is 0 Å². The number of nitrogens with two attached hydrogens (primary N) is 1. The fourth-order valence-corrected chi connectivity index (χ4v) is 2.05. The minimum absolute atomic E-state index is 0.0842. The van der Waals surface area contributed by atoms with Gasteiger partial charge in [-0.3, -0.25) is 14.8 Å². The van der Waals surface area contributed by atoms with Crippen molar-refractivity contribution < 1.29 is 4.79 Å². The Balaban J connectivity index is 2.04. The zero-order valence-electron chi connectivity index (χ0n) is 11.6. The molecule has 1 aromatic heterocycles. The molecule has 1 amide bonds. The number of carbonyl (C=O) groups excluding carboxylic acids is 1. The van der Waals surface area contributed by atoms with E-state index in [1.165, 1.54) is 0 Å². The third-order valence-corrected chi connectivity index (χ3v) is 3.15. The summed E-state index contributed by atoms with van der Waals surface area (Å²) >= 11 is 0. The fraction of sp³-hybridized carbons (Fsp3) is 0.267. The number of amides is 1. The van der Waals surface area contributed by atoms with Gasteiger partial charge in [-0.15, -0.1) is 0 Å². The number of aryl methyl sites for hydroxylation is 1. The van der Waals surface area contributed by atoms with Crippen LogP contribution in [0.1, 0.15) is 40.3 Å². The van der Waals surface area contributed by atoms with Gasteiger partial charge in [0.05, 0.1) is 11.4 Å². The molecule has 0 saturated carbocycles. The molecule has 5 heteroatoms. The highest BCUT2D eigenvalue weighted by Crippen LogP contribution is 2.13. The summed E-state index contributed by atoms with van der Waals surface area (Å²) in [6.45, 7) is 4.61. The van der Waals surface area contributed by atoms with Crippen LogP contribution in [0.15, 0.2) is 36.7 Å². The van der Waals surface area contributed by atoms with Gasteiger partial charge in [-0.2, -0.15) is 0 Å². The summed E-state index contributed by atoms with van der Waals surface area (Å²) in [4.78, 5) is 19.7. The zero-order valence-corrected chi connectivity index (χ0v) is 11.6. The van der Waals surface area contributed by atoms with Crippen molar-refractivity contribution >= 4 is 5.91 Å². The molecule has 104 valence electrons. The first-order valence-corrected chi connectivity index (χ1v) is 6.47. The summed E-state index contributed by atoms with van der Waals surface area (Å²) in [5.74, 6) is -0.412. The summed E-state index contributed by atoms with van der Waals surface area (Å²) < 4.78 is 0. The molecule has 1 heterocycles. The largest absolute Gasteiger partial charge is 0.366 e. The lowest BCUT2D eigenvalue weighted by Gasteiger charge is -2.15. The Kier molecular flexibility index (Phi) is 4.42. The Morgan fingerprint density at radius 2 is 2.10 bits per heavy atom. The van der Waals surface area contributed by atoms with Crippen LogP contribution in [0.25, 0.3) is 0 Å². The minimum atomic E-state index is -0.412. The maximum Gasteiger partial charge on any atom is 0.248 e. The maximum atomic E-state index is 11.1. The van der Waals surface area contributed by atoms with E-state index in [0.29, 0.717) is 12.1 Å². The second-order valence-electron chi connectivity index (χ2n) is 4.69. The van der Waals surface area contributed by atoms with Crippen LogP contribution in [0, 0.1) is 6.92 Å². The van der Waals surface area contributed by atoms with Crippen molar-refractivity contribution in [2.75, 3.05) is 0 Å². The Morgan fingerprint density at radius 1 is 1.35 bits per heavy atom. The van der Waals surface area contributed by atoms with E-state index in [9.17, 15) is 4.79 Å². The molecule has 0 saturated heterocycles. The lowest BCUT2D eigenvalue weighted by Crippen LogP contribution is -2.20. The molecule has 2 rings (SSSR count). The molecule has 0 bridgehead atoms. The van der Waals surface area contributed by atoms with Crippen molar-refractivity contribution in [2.45, 2.75) is 26.4 Å². The van der Waals surface area contributed by atoms with Gasteiger partial charge in [-0.25, -0.2) is 0 Å². The number of aromatic nitrogens is 2. The average Bonchev–Trinajstić information content (AvgIpc) is 2.45. The maximum absolute atomic E-state index is 11.1. The predicted octanol–water partition coefficient (Wildman–Crippen LogP) is 1.73. The number of rotatable bonds is 5. The van der Waals surface area contributed by atoms with Crippen LogP contribution in [-0.2, 0) is 6.54 Å². The highest BCUT2D eigenvalue weighted by Gasteiger charge is 2.10. The fourth-order valence-electron chi connectivity index (χ4n) is 2.05. The molecule has 1 aromatic carbocycles. The number of hydrogen-bond donors (Lipinski definition) is 2. The van der Waals surface area contributed by atoms with Gasteiger partial charge in [-0.05, 0) is 31.5 Å². The van der Waals surface area contributed by atoms with Crippen LogP contribution < -0.4 is 11.1 Å². The Bertz CT molecular complexity index is 612. The van der Waals surface area contributed by atoms with Gasteiger partial charge < -0.3 is 11.1 Å². The number of nitrogens with one attached hydrogen (secondary N) is 1. The van der Waals surface area contributed by atoms with Crippen LogP contribution in [0.4, 0.5) is 0 Å². The van der Waals surface area contributed by atoms with E-state index in [0.717, 1.165) is 17.0 Å². The van der Waals surface area contributed by atoms with E-state index in [1.54, 1.807) is 24.5 Å². The Labute approximate surface area is 118 Å². The summed E-state index contributed by atoms with van der Waals surface area (Å²) in [5.41, 5.74) is 8.65. The molecule has 5 nitrogen and oxygen atoms in total. The van der Waals surface area contributed by atoms with Crippen LogP contribution in [0.5, 0.6) is 0 Å². The van der Waals surface area contributed by atoms with Gasteiger partial charge >= 0.3 is 0 Å². The second kappa shape index (κ2) is 6.25. The van der Waals surface area contributed by atoms with Gasteiger partial charge in [0, 0.05) is 30.5 Å². The van der Waals surface area contributed by atoms with Gasteiger partial charge in [0.25, 0.3) is 0 Å². The standard InChI is InChI=1S/C15H18N4O/c1-10-14(18-7-6-17-10)11(2)19-9-12-4-3-5-13(8-12)15(16)20/h3-8,11,19H,9H2,1-2H3,(H2,16,20). The van der Waals surface area contributed by atoms with Crippen molar-refractivity contribution in [3.63, 3.8) is 0 Å². The molecule has 1 unspecified atom stereocenters. The lowest BCUT2D eigenvalue weighted by molar-refractivity contribution is 0.1000. The highest BCUT2D eigenvalue weighted by atomic mass is 16.1. The van der Waals surface area contributed by atoms with Crippen LogP contribution in [0.2, 0.25) is 0 Å². The number of hydrogen-bond acceptors (Lipinski definition) is 4. The normalized spacial score (nSPS) is 12.1.